The van der Waals surface area contributed by atoms with E-state index in [1.807, 2.05) is 67.6 Å². The van der Waals surface area contributed by atoms with Crippen molar-refractivity contribution in [2.24, 2.45) is 4.99 Å². The monoisotopic (exact) mass is 638 g/mol. The van der Waals surface area contributed by atoms with E-state index in [1.165, 1.54) is 4.90 Å². The number of nitrogens with one attached hydrogen (secondary N) is 2. The summed E-state index contributed by atoms with van der Waals surface area (Å²) < 4.78 is 11.1. The fourth-order valence-electron chi connectivity index (χ4n) is 5.54. The smallest absolute Gasteiger partial charge is 0.411 e. The van der Waals surface area contributed by atoms with Gasteiger partial charge in [-0.15, -0.1) is 11.8 Å². The summed E-state index contributed by atoms with van der Waals surface area (Å²) in [6.07, 6.45) is 0.524. The molecule has 2 aromatic carbocycles. The molecule has 0 aliphatic carbocycles. The van der Waals surface area contributed by atoms with Crippen LogP contribution in [0, 0.1) is 0 Å². The number of amides is 3. The number of hydrogen-bond donors (Lipinski definition) is 3. The topological polar surface area (TPSA) is 130 Å². The number of rotatable bonds is 12. The Bertz CT molecular complexity index is 1300. The second-order valence-corrected chi connectivity index (χ2v) is 14.2. The number of ether oxygens (including phenoxy) is 2. The van der Waals surface area contributed by atoms with Gasteiger partial charge in [-0.05, 0) is 64.5 Å². The quantitative estimate of drug-likeness (QED) is 0.306. The Morgan fingerprint density at radius 1 is 0.978 bits per heavy atom. The summed E-state index contributed by atoms with van der Waals surface area (Å²) >= 11 is 1.62. The van der Waals surface area contributed by atoms with E-state index in [9.17, 15) is 19.5 Å². The number of carbonyl (C=O) groups is 3. The maximum atomic E-state index is 13.6. The van der Waals surface area contributed by atoms with Crippen molar-refractivity contribution in [1.29, 1.82) is 0 Å². The highest BCUT2D eigenvalue weighted by Gasteiger charge is 2.41. The zero-order valence-corrected chi connectivity index (χ0v) is 27.4. The summed E-state index contributed by atoms with van der Waals surface area (Å²) in [7, 11) is 0. The second-order valence-electron chi connectivity index (χ2n) is 12.7. The Kier molecular flexibility index (Phi) is 12.3. The van der Waals surface area contributed by atoms with Crippen LogP contribution >= 0.6 is 11.8 Å². The van der Waals surface area contributed by atoms with Crippen molar-refractivity contribution in [3.8, 4) is 0 Å². The van der Waals surface area contributed by atoms with Gasteiger partial charge in [-0.25, -0.2) is 9.59 Å². The molecule has 0 radical (unpaired) electrons. The van der Waals surface area contributed by atoms with Gasteiger partial charge in [0.15, 0.2) is 0 Å². The van der Waals surface area contributed by atoms with Gasteiger partial charge in [0.05, 0.1) is 29.5 Å². The van der Waals surface area contributed by atoms with Crippen LogP contribution in [-0.4, -0.2) is 87.9 Å². The van der Waals surface area contributed by atoms with Crippen LogP contribution in [-0.2, 0) is 27.1 Å². The first-order chi connectivity index (χ1) is 21.4. The van der Waals surface area contributed by atoms with Gasteiger partial charge < -0.3 is 25.2 Å². The molecule has 10 nitrogen and oxygen atoms in total. The van der Waals surface area contributed by atoms with Crippen LogP contribution in [0.1, 0.15) is 58.1 Å². The molecule has 0 bridgehead atoms. The summed E-state index contributed by atoms with van der Waals surface area (Å²) in [5.74, 6) is -0.336. The number of alkyl carbamates (subject to hydrolysis) is 1. The second kappa shape index (κ2) is 16.1. The lowest BCUT2D eigenvalue weighted by Gasteiger charge is -2.29. The van der Waals surface area contributed by atoms with Gasteiger partial charge in [0.1, 0.15) is 18.2 Å². The minimum absolute atomic E-state index is 0.0343. The van der Waals surface area contributed by atoms with Crippen LogP contribution in [0.25, 0.3) is 0 Å². The van der Waals surface area contributed by atoms with Gasteiger partial charge in [0, 0.05) is 18.5 Å². The fraction of sp³-hybridized carbons (Fsp3) is 0.529. The predicted octanol–water partition coefficient (Wildman–Crippen LogP) is 4.74. The molecule has 3 N–H and O–H groups in total. The molecule has 5 unspecified atom stereocenters. The zero-order chi connectivity index (χ0) is 32.4. The predicted molar refractivity (Wildman–Crippen MR) is 176 cm³/mol. The van der Waals surface area contributed by atoms with Gasteiger partial charge >= 0.3 is 12.2 Å². The van der Waals surface area contributed by atoms with E-state index in [4.69, 9.17) is 9.47 Å². The molecule has 11 heteroatoms. The average Bonchev–Trinajstić information content (AvgIpc) is 3.60. The third-order valence-electron chi connectivity index (χ3n) is 7.65. The maximum absolute atomic E-state index is 13.6. The largest absolute Gasteiger partial charge is 0.448 e. The Hall–Kier alpha value is -3.57. The minimum Gasteiger partial charge on any atom is -0.448 e. The molecule has 45 heavy (non-hydrogen) atoms. The van der Waals surface area contributed by atoms with Gasteiger partial charge in [-0.1, -0.05) is 60.7 Å². The molecular formula is C34H46N4O6S. The Morgan fingerprint density at radius 2 is 1.56 bits per heavy atom. The first-order valence-electron chi connectivity index (χ1n) is 15.6. The third-order valence-corrected chi connectivity index (χ3v) is 8.74. The molecule has 2 heterocycles. The van der Waals surface area contributed by atoms with E-state index in [1.54, 1.807) is 32.5 Å². The van der Waals surface area contributed by atoms with E-state index < -0.39 is 29.9 Å². The van der Waals surface area contributed by atoms with Gasteiger partial charge in [0.25, 0.3) is 0 Å². The number of nitrogens with zero attached hydrogens (tertiary/aromatic N) is 2. The molecule has 1 fully saturated rings. The molecule has 2 aliphatic heterocycles. The Morgan fingerprint density at radius 3 is 2.09 bits per heavy atom. The standard InChI is InChI=1S/C34H46N4O6S/c1-23-35-20-29(45-23)22-43-32(41)37-27(18-25-13-9-6-10-14-25)16-15-26(17-24-11-7-5-8-12-24)36-31(40)30-19-28(39)21-38(30)33(42)44-34(2,3)4/h5-14,26-30,39H,15-22H2,1-4H3,(H,36,40)(H,37,41). The summed E-state index contributed by atoms with van der Waals surface area (Å²) in [5, 5.41) is 17.7. The lowest BCUT2D eigenvalue weighted by atomic mass is 9.95. The first-order valence-corrected chi connectivity index (χ1v) is 16.5. The number of aliphatic imine (C=N–C) groups is 1. The van der Waals surface area contributed by atoms with Crippen molar-refractivity contribution < 1.29 is 29.0 Å². The van der Waals surface area contributed by atoms with E-state index in [0.717, 1.165) is 16.2 Å². The van der Waals surface area contributed by atoms with Crippen molar-refractivity contribution in [3.05, 3.63) is 71.8 Å². The SMILES string of the molecule is CC1=NCC(COC(=O)NC(CCC(Cc2ccccc2)NC(=O)C2CC(O)CN2C(=O)OC(C)(C)C)Cc2ccccc2)S1. The molecule has 2 aliphatic rings. The van der Waals surface area contributed by atoms with Gasteiger partial charge in [-0.2, -0.15) is 0 Å². The lowest BCUT2D eigenvalue weighted by Crippen LogP contribution is -2.50. The van der Waals surface area contributed by atoms with Crippen LogP contribution < -0.4 is 10.6 Å². The molecule has 0 aromatic heterocycles. The average molecular weight is 639 g/mol. The van der Waals surface area contributed by atoms with Crippen LogP contribution in [0.4, 0.5) is 9.59 Å². The fourth-order valence-corrected chi connectivity index (χ4v) is 6.46. The van der Waals surface area contributed by atoms with E-state index >= 15 is 0 Å². The molecule has 0 saturated carbocycles. The number of β-amino-alcohol motifs (C(OH)–C–C–N with tert-alkyl or cyclic N) is 1. The Labute approximate surface area is 270 Å². The molecule has 244 valence electrons. The molecular weight excluding hydrogens is 592 g/mol. The number of benzene rings is 2. The van der Waals surface area contributed by atoms with Crippen LogP contribution in [0.15, 0.2) is 65.7 Å². The molecule has 2 aromatic rings. The maximum Gasteiger partial charge on any atom is 0.411 e. The number of carbonyl (C=O) groups excluding carboxylic acids is 3. The first kappa shape index (κ1) is 34.3. The number of hydrogen-bond acceptors (Lipinski definition) is 8. The number of thioether (sulfide) groups is 1. The summed E-state index contributed by atoms with van der Waals surface area (Å²) in [6.45, 7) is 8.20. The Balaban J connectivity index is 1.44. The highest BCUT2D eigenvalue weighted by atomic mass is 32.2. The molecule has 1 saturated heterocycles. The normalized spacial score (nSPS) is 21.0. The van der Waals surface area contributed by atoms with Crippen molar-refractivity contribution in [2.75, 3.05) is 19.7 Å². The summed E-state index contributed by atoms with van der Waals surface area (Å²) in [5.41, 5.74) is 1.40. The van der Waals surface area contributed by atoms with E-state index in [0.29, 0.717) is 32.2 Å². The summed E-state index contributed by atoms with van der Waals surface area (Å²) in [4.78, 5) is 45.1. The van der Waals surface area contributed by atoms with Crippen molar-refractivity contribution in [2.45, 2.75) is 94.9 Å². The molecule has 5 atom stereocenters. The molecule has 0 spiro atoms. The van der Waals surface area contributed by atoms with Gasteiger partial charge in [-0.3, -0.25) is 14.7 Å². The van der Waals surface area contributed by atoms with Gasteiger partial charge in [0.2, 0.25) is 5.91 Å². The van der Waals surface area contributed by atoms with Crippen molar-refractivity contribution >= 4 is 34.9 Å². The zero-order valence-electron chi connectivity index (χ0n) is 26.6. The molecule has 4 rings (SSSR count). The minimum atomic E-state index is -0.845. The van der Waals surface area contributed by atoms with Crippen LogP contribution in [0.5, 0.6) is 0 Å². The van der Waals surface area contributed by atoms with Crippen molar-refractivity contribution in [1.82, 2.24) is 15.5 Å². The number of likely N-dealkylation sites (tertiary alicyclic amines) is 1. The van der Waals surface area contributed by atoms with E-state index in [2.05, 4.69) is 15.6 Å². The third kappa shape index (κ3) is 11.4. The number of aliphatic hydroxyl groups excluding tert-OH is 1. The van der Waals surface area contributed by atoms with Crippen LogP contribution in [0.3, 0.4) is 0 Å². The lowest BCUT2D eigenvalue weighted by molar-refractivity contribution is -0.126. The highest BCUT2D eigenvalue weighted by Crippen LogP contribution is 2.23. The van der Waals surface area contributed by atoms with E-state index in [-0.39, 0.29) is 42.8 Å². The summed E-state index contributed by atoms with van der Waals surface area (Å²) in [6, 6.07) is 18.4. The van der Waals surface area contributed by atoms with Crippen molar-refractivity contribution in [3.63, 3.8) is 0 Å². The number of aliphatic hydroxyl groups is 1. The highest BCUT2D eigenvalue weighted by molar-refractivity contribution is 8.14. The molecule has 3 amide bonds. The van der Waals surface area contributed by atoms with Crippen LogP contribution in [0.2, 0.25) is 0 Å².